The number of ketones is 1. The third-order valence-corrected chi connectivity index (χ3v) is 1.62. The van der Waals surface area contributed by atoms with Crippen molar-refractivity contribution in [1.29, 1.82) is 0 Å². The van der Waals surface area contributed by atoms with E-state index in [1.54, 1.807) is 6.08 Å². The number of hydrogen-bond acceptors (Lipinski definition) is 2. The highest BCUT2D eigenvalue weighted by Crippen LogP contribution is 2.13. The van der Waals surface area contributed by atoms with Gasteiger partial charge in [0.25, 0.3) is 0 Å². The SMILES string of the molecule is O=C1C=Cc2[nH]c(=O)ccc21. The smallest absolute Gasteiger partial charge is 0.248 e. The number of fused-ring (bicyclic) bond motifs is 1. The maximum Gasteiger partial charge on any atom is 0.248 e. The minimum Gasteiger partial charge on any atom is -0.322 e. The van der Waals surface area contributed by atoms with E-state index in [1.807, 2.05) is 0 Å². The van der Waals surface area contributed by atoms with Crippen molar-refractivity contribution in [2.45, 2.75) is 0 Å². The number of pyridine rings is 1. The van der Waals surface area contributed by atoms with Gasteiger partial charge in [0.2, 0.25) is 5.56 Å². The molecule has 0 saturated carbocycles. The molecule has 1 aromatic rings. The Morgan fingerprint density at radius 1 is 1.09 bits per heavy atom. The van der Waals surface area contributed by atoms with Crippen molar-refractivity contribution in [2.24, 2.45) is 0 Å². The molecule has 1 aliphatic rings. The number of rotatable bonds is 0. The van der Waals surface area contributed by atoms with E-state index in [0.29, 0.717) is 11.3 Å². The Labute approximate surface area is 62.4 Å². The predicted octanol–water partition coefficient (Wildman–Crippen LogP) is 0.584. The average molecular weight is 147 g/mol. The first-order valence-electron chi connectivity index (χ1n) is 3.23. The van der Waals surface area contributed by atoms with Gasteiger partial charge in [-0.15, -0.1) is 0 Å². The summed E-state index contributed by atoms with van der Waals surface area (Å²) in [4.78, 5) is 24.3. The van der Waals surface area contributed by atoms with Gasteiger partial charge in [0.05, 0.1) is 5.69 Å². The van der Waals surface area contributed by atoms with Gasteiger partial charge >= 0.3 is 0 Å². The first-order valence-corrected chi connectivity index (χ1v) is 3.23. The Morgan fingerprint density at radius 3 is 2.73 bits per heavy atom. The molecule has 0 bridgehead atoms. The summed E-state index contributed by atoms with van der Waals surface area (Å²) >= 11 is 0. The van der Waals surface area contributed by atoms with E-state index in [1.165, 1.54) is 18.2 Å². The maximum atomic E-state index is 11.0. The molecule has 0 atom stereocenters. The highest BCUT2D eigenvalue weighted by molar-refractivity contribution is 6.12. The van der Waals surface area contributed by atoms with Crippen molar-refractivity contribution in [3.8, 4) is 0 Å². The summed E-state index contributed by atoms with van der Waals surface area (Å²) < 4.78 is 0. The minimum atomic E-state index is -0.178. The monoisotopic (exact) mass is 147 g/mol. The van der Waals surface area contributed by atoms with Gasteiger partial charge in [-0.3, -0.25) is 9.59 Å². The third-order valence-electron chi connectivity index (χ3n) is 1.62. The van der Waals surface area contributed by atoms with Crippen LogP contribution in [-0.4, -0.2) is 10.8 Å². The standard InChI is InChI=1S/C8H5NO2/c10-7-3-2-6-5(7)1-4-8(11)9-6/h1-4H,(H,9,11). The van der Waals surface area contributed by atoms with Crippen LogP contribution in [0.25, 0.3) is 6.08 Å². The molecule has 3 nitrogen and oxygen atoms in total. The normalized spacial score (nSPS) is 13.6. The Bertz CT molecular complexity index is 401. The molecule has 0 fully saturated rings. The van der Waals surface area contributed by atoms with Gasteiger partial charge in [-0.05, 0) is 18.2 Å². The Morgan fingerprint density at radius 2 is 1.91 bits per heavy atom. The lowest BCUT2D eigenvalue weighted by Gasteiger charge is -1.92. The van der Waals surface area contributed by atoms with Crippen LogP contribution >= 0.6 is 0 Å². The van der Waals surface area contributed by atoms with Gasteiger partial charge in [0, 0.05) is 11.6 Å². The summed E-state index contributed by atoms with van der Waals surface area (Å²) in [5.74, 6) is -0.0451. The Hall–Kier alpha value is -1.64. The zero-order chi connectivity index (χ0) is 7.84. The minimum absolute atomic E-state index is 0.0451. The van der Waals surface area contributed by atoms with Gasteiger partial charge in [0.1, 0.15) is 0 Å². The molecule has 0 amide bonds. The molecule has 3 heteroatoms. The van der Waals surface area contributed by atoms with Crippen LogP contribution < -0.4 is 5.56 Å². The molecule has 1 aliphatic carbocycles. The summed E-state index contributed by atoms with van der Waals surface area (Å²) in [7, 11) is 0. The second-order valence-electron chi connectivity index (χ2n) is 2.35. The average Bonchev–Trinajstić information content (AvgIpc) is 2.32. The number of allylic oxidation sites excluding steroid dienone is 1. The third kappa shape index (κ3) is 0.816. The predicted molar refractivity (Wildman–Crippen MR) is 40.4 cm³/mol. The molecule has 0 radical (unpaired) electrons. The molecular formula is C8H5NO2. The van der Waals surface area contributed by atoms with E-state index in [9.17, 15) is 9.59 Å². The van der Waals surface area contributed by atoms with E-state index in [-0.39, 0.29) is 11.3 Å². The second-order valence-corrected chi connectivity index (χ2v) is 2.35. The van der Waals surface area contributed by atoms with Gasteiger partial charge in [-0.1, -0.05) is 0 Å². The molecule has 0 spiro atoms. The molecule has 1 heterocycles. The van der Waals surface area contributed by atoms with Crippen LogP contribution in [0.1, 0.15) is 16.1 Å². The van der Waals surface area contributed by atoms with Crippen molar-refractivity contribution < 1.29 is 4.79 Å². The summed E-state index contributed by atoms with van der Waals surface area (Å²) in [6, 6.07) is 2.89. The zero-order valence-corrected chi connectivity index (χ0v) is 5.63. The number of carbonyl (C=O) groups excluding carboxylic acids is 1. The van der Waals surface area contributed by atoms with Crippen molar-refractivity contribution in [2.75, 3.05) is 0 Å². The Kier molecular flexibility index (Phi) is 1.06. The molecular weight excluding hydrogens is 142 g/mol. The number of nitrogens with one attached hydrogen (secondary N) is 1. The maximum absolute atomic E-state index is 11.0. The first-order chi connectivity index (χ1) is 5.27. The lowest BCUT2D eigenvalue weighted by atomic mass is 10.2. The largest absolute Gasteiger partial charge is 0.322 e. The highest BCUT2D eigenvalue weighted by Gasteiger charge is 2.12. The lowest BCUT2D eigenvalue weighted by molar-refractivity contribution is 0.105. The molecule has 1 aromatic heterocycles. The number of hydrogen-bond donors (Lipinski definition) is 1. The quantitative estimate of drug-likeness (QED) is 0.583. The van der Waals surface area contributed by atoms with Crippen molar-refractivity contribution in [3.05, 3.63) is 39.8 Å². The number of carbonyl (C=O) groups is 1. The van der Waals surface area contributed by atoms with Crippen LogP contribution in [0.3, 0.4) is 0 Å². The van der Waals surface area contributed by atoms with E-state index in [2.05, 4.69) is 4.98 Å². The fourth-order valence-corrected chi connectivity index (χ4v) is 1.09. The van der Waals surface area contributed by atoms with Crippen LogP contribution in [0, 0.1) is 0 Å². The fourth-order valence-electron chi connectivity index (χ4n) is 1.09. The molecule has 2 rings (SSSR count). The van der Waals surface area contributed by atoms with E-state index >= 15 is 0 Å². The second kappa shape index (κ2) is 1.92. The zero-order valence-electron chi connectivity index (χ0n) is 5.63. The van der Waals surface area contributed by atoms with Crippen LogP contribution in [0.5, 0.6) is 0 Å². The van der Waals surface area contributed by atoms with Crippen LogP contribution in [0.2, 0.25) is 0 Å². The Balaban J connectivity index is 2.76. The van der Waals surface area contributed by atoms with Crippen molar-refractivity contribution in [3.63, 3.8) is 0 Å². The topological polar surface area (TPSA) is 49.9 Å². The summed E-state index contributed by atoms with van der Waals surface area (Å²) in [6.07, 6.45) is 3.06. The molecule has 1 N–H and O–H groups in total. The number of aromatic amines is 1. The summed E-state index contributed by atoms with van der Waals surface area (Å²) in [5.41, 5.74) is 1.01. The number of aromatic nitrogens is 1. The highest BCUT2D eigenvalue weighted by atomic mass is 16.1. The van der Waals surface area contributed by atoms with E-state index < -0.39 is 0 Å². The molecule has 11 heavy (non-hydrogen) atoms. The molecule has 0 saturated heterocycles. The summed E-state index contributed by atoms with van der Waals surface area (Å²) in [6.45, 7) is 0. The van der Waals surface area contributed by atoms with Crippen LogP contribution in [0.4, 0.5) is 0 Å². The van der Waals surface area contributed by atoms with E-state index in [0.717, 1.165) is 0 Å². The summed E-state index contributed by atoms with van der Waals surface area (Å²) in [5, 5.41) is 0. The molecule has 54 valence electrons. The van der Waals surface area contributed by atoms with E-state index in [4.69, 9.17) is 0 Å². The van der Waals surface area contributed by atoms with Crippen LogP contribution in [-0.2, 0) is 0 Å². The van der Waals surface area contributed by atoms with Gasteiger partial charge < -0.3 is 4.98 Å². The van der Waals surface area contributed by atoms with Crippen LogP contribution in [0.15, 0.2) is 23.0 Å². The lowest BCUT2D eigenvalue weighted by Crippen LogP contribution is -2.06. The molecule has 0 aliphatic heterocycles. The van der Waals surface area contributed by atoms with Gasteiger partial charge in [0.15, 0.2) is 5.78 Å². The molecule has 0 unspecified atom stereocenters. The van der Waals surface area contributed by atoms with Crippen molar-refractivity contribution >= 4 is 11.9 Å². The fraction of sp³-hybridized carbons (Fsp3) is 0. The molecule has 0 aromatic carbocycles. The first kappa shape index (κ1) is 6.09. The van der Waals surface area contributed by atoms with Gasteiger partial charge in [-0.25, -0.2) is 0 Å². The van der Waals surface area contributed by atoms with Crippen molar-refractivity contribution in [1.82, 2.24) is 4.98 Å². The number of H-pyrrole nitrogens is 1. The van der Waals surface area contributed by atoms with Gasteiger partial charge in [-0.2, -0.15) is 0 Å².